The van der Waals surface area contributed by atoms with Gasteiger partial charge in [-0.15, -0.1) is 0 Å². The number of hydrogen-bond donors (Lipinski definition) is 1. The molecule has 0 saturated carbocycles. The van der Waals surface area contributed by atoms with E-state index in [1.165, 1.54) is 31.2 Å². The first-order chi connectivity index (χ1) is 18.7. The maximum Gasteiger partial charge on any atom is 0.416 e. The number of likely N-dealkylation sites (tertiary alicyclic amines) is 1. The van der Waals surface area contributed by atoms with E-state index in [9.17, 15) is 26.3 Å². The van der Waals surface area contributed by atoms with Crippen molar-refractivity contribution in [3.63, 3.8) is 0 Å². The van der Waals surface area contributed by atoms with Gasteiger partial charge in [0.2, 0.25) is 0 Å². The Morgan fingerprint density at radius 3 is 2.48 bits per heavy atom. The molecule has 0 unspecified atom stereocenters. The van der Waals surface area contributed by atoms with E-state index < -0.39 is 23.5 Å². The molecule has 12 heteroatoms. The number of nitrogens with one attached hydrogen (secondary N) is 1. The second kappa shape index (κ2) is 10.1. The molecule has 6 nitrogen and oxygen atoms in total. The zero-order chi connectivity index (χ0) is 28.9. The quantitative estimate of drug-likeness (QED) is 0.253. The van der Waals surface area contributed by atoms with Crippen molar-refractivity contribution >= 4 is 0 Å². The van der Waals surface area contributed by atoms with Crippen molar-refractivity contribution in [2.75, 3.05) is 6.54 Å². The van der Waals surface area contributed by atoms with Gasteiger partial charge in [-0.1, -0.05) is 17.3 Å². The summed E-state index contributed by atoms with van der Waals surface area (Å²) in [6.07, 6.45) is -5.72. The lowest BCUT2D eigenvalue weighted by Crippen LogP contribution is -2.49. The predicted octanol–water partition coefficient (Wildman–Crippen LogP) is 7.63. The van der Waals surface area contributed by atoms with Crippen molar-refractivity contribution in [2.24, 2.45) is 0 Å². The van der Waals surface area contributed by atoms with E-state index in [1.807, 2.05) is 0 Å². The van der Waals surface area contributed by atoms with E-state index in [2.05, 4.69) is 38.9 Å². The van der Waals surface area contributed by atoms with Crippen LogP contribution in [0.1, 0.15) is 60.9 Å². The second-order valence-electron chi connectivity index (χ2n) is 10.7. The molecule has 2 aromatic heterocycles. The molecular weight excluding hydrogens is 536 g/mol. The summed E-state index contributed by atoms with van der Waals surface area (Å²) < 4.78 is 83.9. The minimum atomic E-state index is -4.47. The molecule has 40 heavy (non-hydrogen) atoms. The number of alkyl halides is 6. The number of piperidine rings is 1. The summed E-state index contributed by atoms with van der Waals surface area (Å²) in [7, 11) is 0. The summed E-state index contributed by atoms with van der Waals surface area (Å²) >= 11 is 0. The first-order valence-corrected chi connectivity index (χ1v) is 12.7. The zero-order valence-electron chi connectivity index (χ0n) is 22.0. The lowest BCUT2D eigenvalue weighted by molar-refractivity contribution is -0.138. The van der Waals surface area contributed by atoms with Gasteiger partial charge in [0.1, 0.15) is 5.82 Å². The van der Waals surface area contributed by atoms with E-state index in [0.29, 0.717) is 30.2 Å². The van der Waals surface area contributed by atoms with Crippen LogP contribution in [0.25, 0.3) is 22.7 Å². The molecular formula is C28H27F6N5O. The lowest BCUT2D eigenvalue weighted by Gasteiger charge is -2.44. The Balaban J connectivity index is 1.26. The molecule has 0 bridgehead atoms. The Morgan fingerprint density at radius 1 is 1.02 bits per heavy atom. The fraction of sp³-hybridized carbons (Fsp3) is 0.393. The van der Waals surface area contributed by atoms with Gasteiger partial charge in [0.05, 0.1) is 29.6 Å². The van der Waals surface area contributed by atoms with Gasteiger partial charge in [0, 0.05) is 17.0 Å². The Bertz CT molecular complexity index is 1500. The minimum Gasteiger partial charge on any atom is -0.342 e. The van der Waals surface area contributed by atoms with Gasteiger partial charge in [-0.2, -0.15) is 31.3 Å². The first-order valence-electron chi connectivity index (χ1n) is 12.7. The fourth-order valence-electron chi connectivity index (χ4n) is 5.25. The lowest BCUT2D eigenvalue weighted by atomic mass is 9.82. The largest absolute Gasteiger partial charge is 0.416 e. The van der Waals surface area contributed by atoms with Crippen LogP contribution in [-0.2, 0) is 18.9 Å². The van der Waals surface area contributed by atoms with E-state index in [-0.39, 0.29) is 28.5 Å². The van der Waals surface area contributed by atoms with Crippen molar-refractivity contribution in [2.45, 2.75) is 64.0 Å². The number of aromatic nitrogens is 4. The molecule has 212 valence electrons. The van der Waals surface area contributed by atoms with Crippen molar-refractivity contribution < 1.29 is 30.9 Å². The number of aromatic amines is 1. The second-order valence-corrected chi connectivity index (χ2v) is 10.7. The Kier molecular flexibility index (Phi) is 7.01. The first kappa shape index (κ1) is 27.9. The van der Waals surface area contributed by atoms with Crippen LogP contribution in [0.5, 0.6) is 0 Å². The molecule has 0 aliphatic carbocycles. The maximum absolute atomic E-state index is 13.1. The van der Waals surface area contributed by atoms with Gasteiger partial charge in [-0.3, -0.25) is 4.90 Å². The van der Waals surface area contributed by atoms with Crippen molar-refractivity contribution in [3.8, 4) is 22.7 Å². The Labute approximate surface area is 226 Å². The smallest absolute Gasteiger partial charge is 0.342 e. The van der Waals surface area contributed by atoms with Crippen molar-refractivity contribution in [1.29, 1.82) is 0 Å². The SMILES string of the molecule is Cc1cc(-c2cnc([C@@H]3CCN(Cc4noc(-c5cccc(C(F)(F)F)c5)n4)C(C)(C)C3)[nH]2)ccc1C(F)(F)F. The Morgan fingerprint density at radius 2 is 1.80 bits per heavy atom. The molecule has 1 fully saturated rings. The average Bonchev–Trinajstić information content (AvgIpc) is 3.54. The summed E-state index contributed by atoms with van der Waals surface area (Å²) in [6, 6.07) is 8.79. The molecule has 1 atom stereocenters. The van der Waals surface area contributed by atoms with Gasteiger partial charge in [0.15, 0.2) is 5.82 Å². The molecule has 1 aliphatic heterocycles. The number of imidazole rings is 1. The van der Waals surface area contributed by atoms with E-state index in [1.54, 1.807) is 6.20 Å². The standard InChI is InChI=1S/C28H27F6N5O/c1-16-11-17(7-8-21(16)28(32,33)34)22-14-35-24(36-22)19-9-10-39(26(2,3)13-19)15-23-37-25(40-38-23)18-5-4-6-20(12-18)27(29,30)31/h4-8,11-12,14,19H,9-10,13,15H2,1-3H3,(H,35,36)/t19-/m1/s1. The Hall–Kier alpha value is -3.67. The minimum absolute atomic E-state index is 0.0235. The van der Waals surface area contributed by atoms with Gasteiger partial charge in [0.25, 0.3) is 5.89 Å². The molecule has 0 spiro atoms. The summed E-state index contributed by atoms with van der Waals surface area (Å²) in [5, 5.41) is 3.99. The number of H-pyrrole nitrogens is 1. The molecule has 4 aromatic rings. The highest BCUT2D eigenvalue weighted by Gasteiger charge is 2.37. The molecule has 1 saturated heterocycles. The van der Waals surface area contributed by atoms with Crippen LogP contribution >= 0.6 is 0 Å². The van der Waals surface area contributed by atoms with Gasteiger partial charge >= 0.3 is 12.4 Å². The highest BCUT2D eigenvalue weighted by molar-refractivity contribution is 5.61. The van der Waals surface area contributed by atoms with E-state index in [4.69, 9.17) is 4.52 Å². The van der Waals surface area contributed by atoms with Crippen molar-refractivity contribution in [3.05, 3.63) is 77.0 Å². The summed E-state index contributed by atoms with van der Waals surface area (Å²) in [5.74, 6) is 1.26. The van der Waals surface area contributed by atoms with Crippen LogP contribution in [-0.4, -0.2) is 37.1 Å². The van der Waals surface area contributed by atoms with Crippen LogP contribution in [0.4, 0.5) is 26.3 Å². The summed E-state index contributed by atoms with van der Waals surface area (Å²) in [5.41, 5.74) is -0.110. The highest BCUT2D eigenvalue weighted by Crippen LogP contribution is 2.39. The molecule has 3 heterocycles. The molecule has 5 rings (SSSR count). The third kappa shape index (κ3) is 5.77. The van der Waals surface area contributed by atoms with Crippen LogP contribution < -0.4 is 0 Å². The highest BCUT2D eigenvalue weighted by atomic mass is 19.4. The number of aryl methyl sites for hydroxylation is 1. The third-order valence-corrected chi connectivity index (χ3v) is 7.41. The molecule has 2 aromatic carbocycles. The van der Waals surface area contributed by atoms with Gasteiger partial charge in [-0.05, 0) is 81.6 Å². The molecule has 0 amide bonds. The number of benzene rings is 2. The monoisotopic (exact) mass is 563 g/mol. The molecule has 1 N–H and O–H groups in total. The third-order valence-electron chi connectivity index (χ3n) is 7.41. The number of hydrogen-bond acceptors (Lipinski definition) is 5. The zero-order valence-corrected chi connectivity index (χ0v) is 22.0. The van der Waals surface area contributed by atoms with Crippen LogP contribution in [0.15, 0.2) is 53.2 Å². The topological polar surface area (TPSA) is 70.8 Å². The van der Waals surface area contributed by atoms with E-state index >= 15 is 0 Å². The number of nitrogens with zero attached hydrogens (tertiary/aromatic N) is 4. The predicted molar refractivity (Wildman–Crippen MR) is 135 cm³/mol. The number of rotatable bonds is 5. The normalized spacial score (nSPS) is 18.3. The fourth-order valence-corrected chi connectivity index (χ4v) is 5.25. The van der Waals surface area contributed by atoms with Crippen LogP contribution in [0, 0.1) is 6.92 Å². The van der Waals surface area contributed by atoms with Crippen LogP contribution in [0.3, 0.4) is 0 Å². The van der Waals surface area contributed by atoms with Crippen LogP contribution in [0.2, 0.25) is 0 Å². The molecule has 1 aliphatic rings. The average molecular weight is 564 g/mol. The van der Waals surface area contributed by atoms with Gasteiger partial charge in [-0.25, -0.2) is 4.98 Å². The van der Waals surface area contributed by atoms with Gasteiger partial charge < -0.3 is 9.51 Å². The number of halogens is 6. The summed E-state index contributed by atoms with van der Waals surface area (Å²) in [6.45, 7) is 6.64. The summed E-state index contributed by atoms with van der Waals surface area (Å²) in [4.78, 5) is 14.3. The van der Waals surface area contributed by atoms with Crippen molar-refractivity contribution in [1.82, 2.24) is 25.0 Å². The van der Waals surface area contributed by atoms with E-state index in [0.717, 1.165) is 36.9 Å². The maximum atomic E-state index is 13.1. The molecule has 0 radical (unpaired) electrons.